The highest BCUT2D eigenvalue weighted by molar-refractivity contribution is 5.32. The summed E-state index contributed by atoms with van der Waals surface area (Å²) in [7, 11) is 0. The van der Waals surface area contributed by atoms with Gasteiger partial charge in [-0.1, -0.05) is 53.2 Å². The maximum Gasteiger partial charge on any atom is 0.187 e. The zero-order chi connectivity index (χ0) is 81.5. The Balaban J connectivity index is 0.816. The van der Waals surface area contributed by atoms with Gasteiger partial charge in [-0.25, -0.2) is 0 Å². The first-order valence-corrected chi connectivity index (χ1v) is 38.6. The Morgan fingerprint density at radius 3 is 1.22 bits per heavy atom. The van der Waals surface area contributed by atoms with Gasteiger partial charge in [0.15, 0.2) is 44.0 Å². The van der Waals surface area contributed by atoms with E-state index in [1.54, 1.807) is 0 Å². The van der Waals surface area contributed by atoms with Crippen LogP contribution in [0.1, 0.15) is 107 Å². The average Bonchev–Trinajstić information content (AvgIpc) is 1.64. The maximum absolute atomic E-state index is 13.0. The second-order valence-corrected chi connectivity index (χ2v) is 34.4. The summed E-state index contributed by atoms with van der Waals surface area (Å²) in [4.78, 5) is 0. The van der Waals surface area contributed by atoms with E-state index >= 15 is 0 Å². The summed E-state index contributed by atoms with van der Waals surface area (Å²) < 4.78 is 84.0. The monoisotopic (exact) mass is 1610 g/mol. The fraction of sp³-hybridized carbons (Fsp3) is 0.972. The third-order valence-electron chi connectivity index (χ3n) is 27.1. The van der Waals surface area contributed by atoms with Crippen LogP contribution in [0.2, 0.25) is 0 Å². The average molecular weight is 1610 g/mol. The molecule has 4 aliphatic carbocycles. The highest BCUT2D eigenvalue weighted by Gasteiger charge is 2.71. The Morgan fingerprint density at radius 2 is 0.784 bits per heavy atom. The van der Waals surface area contributed by atoms with Gasteiger partial charge in [-0.2, -0.15) is 0 Å². The van der Waals surface area contributed by atoms with Crippen molar-refractivity contribution in [2.75, 3.05) is 46.2 Å². The number of aliphatic hydroxyl groups is 25. The number of allylic oxidation sites excluding steroid dienone is 1. The van der Waals surface area contributed by atoms with Crippen molar-refractivity contribution in [1.82, 2.24) is 0 Å². The molecule has 0 amide bonds. The van der Waals surface area contributed by atoms with E-state index in [1.165, 1.54) is 13.8 Å². The number of ether oxygens (including phenoxy) is 14. The molecule has 7 aliphatic heterocycles. The van der Waals surface area contributed by atoms with Gasteiger partial charge in [0.05, 0.1) is 70.2 Å². The number of aliphatic hydroxyl groups excluding tert-OH is 24. The molecule has 39 heteroatoms. The highest BCUT2D eigenvalue weighted by atomic mass is 16.8. The minimum absolute atomic E-state index is 0.0345. The van der Waals surface area contributed by atoms with Crippen molar-refractivity contribution in [1.29, 1.82) is 0 Å². The van der Waals surface area contributed by atoms with Gasteiger partial charge in [0.1, 0.15) is 171 Å². The second kappa shape index (κ2) is 35.5. The van der Waals surface area contributed by atoms with Gasteiger partial charge < -0.3 is 194 Å². The van der Waals surface area contributed by atoms with E-state index in [4.69, 9.17) is 66.3 Å². The summed E-state index contributed by atoms with van der Waals surface area (Å²) in [6.07, 6.45) is -60.8. The van der Waals surface area contributed by atoms with Crippen LogP contribution >= 0.6 is 0 Å². The molecule has 25 N–H and O–H groups in total. The fourth-order valence-corrected chi connectivity index (χ4v) is 19.9. The van der Waals surface area contributed by atoms with Gasteiger partial charge in [0, 0.05) is 10.8 Å². The number of rotatable bonds is 26. The summed E-state index contributed by atoms with van der Waals surface area (Å²) in [6.45, 7) is 9.96. The van der Waals surface area contributed by atoms with Crippen molar-refractivity contribution in [2.24, 2.45) is 45.3 Å². The van der Waals surface area contributed by atoms with E-state index in [-0.39, 0.29) is 35.5 Å². The molecule has 644 valence electrons. The van der Waals surface area contributed by atoms with Gasteiger partial charge in [-0.15, -0.1) is 0 Å². The van der Waals surface area contributed by atoms with E-state index in [0.717, 1.165) is 18.4 Å². The second-order valence-electron chi connectivity index (χ2n) is 34.4. The topological polar surface area (TPSA) is 635 Å². The number of hydrogen-bond acceptors (Lipinski definition) is 39. The predicted octanol–water partition coefficient (Wildman–Crippen LogP) is -9.76. The molecule has 0 aromatic heterocycles. The fourth-order valence-electron chi connectivity index (χ4n) is 19.9. The molecule has 11 rings (SSSR count). The molecule has 0 aromatic carbocycles. The van der Waals surface area contributed by atoms with E-state index < -0.39 is 301 Å². The molecule has 0 radical (unpaired) electrons. The van der Waals surface area contributed by atoms with Crippen LogP contribution in [0.15, 0.2) is 11.6 Å². The predicted molar refractivity (Wildman–Crippen MR) is 366 cm³/mol. The van der Waals surface area contributed by atoms with Crippen molar-refractivity contribution in [2.45, 2.75) is 346 Å². The number of hydrogen-bond donors (Lipinski definition) is 25. The minimum atomic E-state index is -2.22. The molecule has 45 atom stereocenters. The lowest BCUT2D eigenvalue weighted by atomic mass is 9.38. The molecular formula is C72H122O39. The zero-order valence-electron chi connectivity index (χ0n) is 63.3. The van der Waals surface area contributed by atoms with Gasteiger partial charge in [-0.05, 0) is 99.7 Å². The summed E-state index contributed by atoms with van der Waals surface area (Å²) >= 11 is 0. The summed E-state index contributed by atoms with van der Waals surface area (Å²) in [5.74, 6) is -0.422. The first-order valence-electron chi connectivity index (χ1n) is 38.6. The van der Waals surface area contributed by atoms with Crippen LogP contribution < -0.4 is 0 Å². The largest absolute Gasteiger partial charge is 0.394 e. The molecule has 7 saturated heterocycles. The van der Waals surface area contributed by atoms with Crippen LogP contribution in [0.25, 0.3) is 0 Å². The van der Waals surface area contributed by atoms with Crippen LogP contribution in [-0.2, 0) is 66.3 Å². The molecule has 0 spiro atoms. The molecule has 39 nitrogen and oxygen atoms in total. The van der Waals surface area contributed by atoms with E-state index in [9.17, 15) is 128 Å². The third-order valence-corrected chi connectivity index (χ3v) is 27.1. The minimum Gasteiger partial charge on any atom is -0.394 e. The molecule has 10 fully saturated rings. The molecule has 11 aliphatic rings. The van der Waals surface area contributed by atoms with Crippen molar-refractivity contribution < 1.29 is 194 Å². The van der Waals surface area contributed by atoms with Crippen molar-refractivity contribution in [3.05, 3.63) is 11.6 Å². The Labute approximate surface area is 640 Å². The molecule has 3 unspecified atom stereocenters. The van der Waals surface area contributed by atoms with E-state index in [1.807, 2.05) is 13.8 Å². The maximum atomic E-state index is 13.0. The summed E-state index contributed by atoms with van der Waals surface area (Å²) in [5, 5.41) is 274. The number of fused-ring (bicyclic) bond motifs is 5. The normalized spacial score (nSPS) is 52.3. The summed E-state index contributed by atoms with van der Waals surface area (Å²) in [6, 6.07) is 0. The van der Waals surface area contributed by atoms with Crippen molar-refractivity contribution in [3.63, 3.8) is 0 Å². The molecular weight excluding hydrogens is 1490 g/mol. The van der Waals surface area contributed by atoms with Gasteiger partial charge in [0.2, 0.25) is 0 Å². The Kier molecular flexibility index (Phi) is 28.7. The third kappa shape index (κ3) is 17.0. The molecule has 7 heterocycles. The standard InChI is InChI=1S/C72H122O39/c1-25(26-15-16-70(6)36-12-10-27-28(72(36,8)37(77)17-71(26,70)7)11-14-38(68(27,2)3)108-64-55(93)51(89)45(83)34(106-64)23-99-62-53(91)47(85)41(79)30(19-74)102-62)9-13-39(69(4,5)97)109-67-60(111-66-57(95)49(87)43(81)32(21-76)104-66)58(96)59(110-65-56(94)48(86)42(80)31(20-75)103-65)35(107-67)24-100-63-54(92)50(88)44(82)33(105-63)22-98-61-52(90)46(84)40(78)29(18-73)101-61/h10,25-26,28-67,73-97H,9,11-24H2,1-8H3/t25-,26?,28?,29-,30-,31-,32+,33-,34-,35-,36?,37-,38+,39-,40-,41-,42-,43+,44-,45-,46+,47+,48+,49-,50+,51+,52-,53-,54-,55-,56-,57+,58+,59-,60-,61+,62+,63+,64+,65-,66-,67+,70+,71-,72+/m1/s1. The highest BCUT2D eigenvalue weighted by Crippen LogP contribution is 2.75. The quantitative estimate of drug-likeness (QED) is 0.0358. The van der Waals surface area contributed by atoms with Crippen molar-refractivity contribution >= 4 is 0 Å². The lowest BCUT2D eigenvalue weighted by Gasteiger charge is -2.67. The van der Waals surface area contributed by atoms with Crippen LogP contribution in [0.4, 0.5) is 0 Å². The van der Waals surface area contributed by atoms with Gasteiger partial charge >= 0.3 is 0 Å². The van der Waals surface area contributed by atoms with Crippen molar-refractivity contribution in [3.8, 4) is 0 Å². The Morgan fingerprint density at radius 1 is 0.414 bits per heavy atom. The SMILES string of the molecule is C[C@H](CC[C@@H](O[C@@H]1O[C@H](CO[C@H]2O[C@H](CO[C@H]3O[C@H](CO)[C@@H](O)[C@H](O)[C@H]3O)[C@@H](O)[C@H](O)[C@H]2O)[C@@H](O[C@H]2O[C@H](CO)[C@@H](O)[C@H](O)[C@H]2O)[C@H](O)[C@H]1O[C@H]1O[C@@H](CO)[C@H](O)[C@@H](O)[C@@H]1O)C(C)(C)O)C1CC[C@@]2(C)C3CC=C4C(CC[C@H](O[C@@H]5O[C@H](CO[C@H]6O[C@H](CO)[C@@H](O)[C@H](O)[C@H]6O)[C@@H](O)[C@H](O)[C@H]5O)C4(C)C)[C@]3(C)[C@H](O)C[C@]12C. The van der Waals surface area contributed by atoms with Crippen LogP contribution in [0, 0.1) is 45.3 Å². The molecule has 0 aromatic rings. The van der Waals surface area contributed by atoms with E-state index in [0.29, 0.717) is 32.1 Å². The zero-order valence-corrected chi connectivity index (χ0v) is 63.3. The molecule has 0 bridgehead atoms. The van der Waals surface area contributed by atoms with Crippen LogP contribution in [0.3, 0.4) is 0 Å². The smallest absolute Gasteiger partial charge is 0.187 e. The van der Waals surface area contributed by atoms with Crippen LogP contribution in [0.5, 0.6) is 0 Å². The lowest BCUT2D eigenvalue weighted by Crippen LogP contribution is -2.67. The summed E-state index contributed by atoms with van der Waals surface area (Å²) in [5.41, 5.74) is -3.07. The van der Waals surface area contributed by atoms with Crippen LogP contribution in [-0.4, -0.2) is 413 Å². The molecule has 3 saturated carbocycles. The van der Waals surface area contributed by atoms with E-state index in [2.05, 4.69) is 33.8 Å². The van der Waals surface area contributed by atoms with Gasteiger partial charge in [0.25, 0.3) is 0 Å². The van der Waals surface area contributed by atoms with Gasteiger partial charge in [-0.3, -0.25) is 0 Å². The lowest BCUT2D eigenvalue weighted by molar-refractivity contribution is -0.398. The molecule has 111 heavy (non-hydrogen) atoms. The Hall–Kier alpha value is -1.82. The first-order chi connectivity index (χ1) is 52.0. The first kappa shape index (κ1) is 90.0. The Bertz CT molecular complexity index is 3010.